The molecule has 1 aliphatic carbocycles. The number of ether oxygens (including phenoxy) is 1. The predicted octanol–water partition coefficient (Wildman–Crippen LogP) is 1.80. The van der Waals surface area contributed by atoms with Crippen LogP contribution in [0.2, 0.25) is 0 Å². The molecule has 0 unspecified atom stereocenters. The Balaban J connectivity index is 2.24. The van der Waals surface area contributed by atoms with Crippen molar-refractivity contribution in [3.63, 3.8) is 0 Å². The third-order valence-electron chi connectivity index (χ3n) is 3.49. The van der Waals surface area contributed by atoms with Gasteiger partial charge in [0.1, 0.15) is 11.8 Å². The van der Waals surface area contributed by atoms with Crippen LogP contribution in [0, 0.1) is 23.0 Å². The molecule has 1 aromatic heterocycles. The van der Waals surface area contributed by atoms with E-state index in [0.717, 1.165) is 12.8 Å². The molecule has 1 saturated carbocycles. The van der Waals surface area contributed by atoms with Crippen molar-refractivity contribution in [3.05, 3.63) is 15.8 Å². The summed E-state index contributed by atoms with van der Waals surface area (Å²) in [7, 11) is 0. The molecule has 1 heterocycles. The minimum Gasteiger partial charge on any atom is -0.470 e. The van der Waals surface area contributed by atoms with Crippen LogP contribution in [0.4, 0.5) is 5.69 Å². The Morgan fingerprint density at radius 2 is 2.21 bits per heavy atom. The van der Waals surface area contributed by atoms with Crippen LogP contribution < -0.4 is 10.5 Å². The van der Waals surface area contributed by atoms with Crippen LogP contribution in [0.15, 0.2) is 0 Å². The Bertz CT molecular complexity index is 478. The van der Waals surface area contributed by atoms with Gasteiger partial charge in [0.25, 0.3) is 5.88 Å². The average molecular weight is 268 g/mol. The first-order valence-corrected chi connectivity index (χ1v) is 6.54. The van der Waals surface area contributed by atoms with E-state index in [1.54, 1.807) is 11.6 Å². The van der Waals surface area contributed by atoms with Crippen LogP contribution in [0.3, 0.4) is 0 Å². The number of nitrogens with two attached hydrogens (primary N) is 1. The van der Waals surface area contributed by atoms with E-state index >= 15 is 0 Å². The molecule has 0 radical (unpaired) electrons. The molecule has 0 atom stereocenters. The van der Waals surface area contributed by atoms with Gasteiger partial charge in [0.05, 0.1) is 11.0 Å². The first-order chi connectivity index (χ1) is 8.93. The summed E-state index contributed by atoms with van der Waals surface area (Å²) < 4.78 is 7.38. The standard InChI is InChI=1S/C12H20N4O3/c1-7(2)15-12(11(16(17)18)8(3)14-15)19-10-4-9(5-10)6-13/h7,9-10H,4-6,13H2,1-3H3. The minimum absolute atomic E-state index is 0.0147. The van der Waals surface area contributed by atoms with Crippen molar-refractivity contribution in [2.75, 3.05) is 6.54 Å². The van der Waals surface area contributed by atoms with Gasteiger partial charge in [-0.1, -0.05) is 0 Å². The highest BCUT2D eigenvalue weighted by atomic mass is 16.6. The van der Waals surface area contributed by atoms with Crippen LogP contribution >= 0.6 is 0 Å². The van der Waals surface area contributed by atoms with E-state index in [2.05, 4.69) is 5.10 Å². The lowest BCUT2D eigenvalue weighted by molar-refractivity contribution is -0.386. The molecule has 1 aromatic rings. The fraction of sp³-hybridized carbons (Fsp3) is 0.750. The highest BCUT2D eigenvalue weighted by molar-refractivity contribution is 5.46. The average Bonchev–Trinajstić information content (AvgIpc) is 2.60. The van der Waals surface area contributed by atoms with Crippen LogP contribution in [0.1, 0.15) is 38.4 Å². The number of aromatic nitrogens is 2. The smallest absolute Gasteiger partial charge is 0.353 e. The maximum absolute atomic E-state index is 11.1. The molecule has 7 heteroatoms. The third-order valence-corrected chi connectivity index (χ3v) is 3.49. The second kappa shape index (κ2) is 5.16. The van der Waals surface area contributed by atoms with Crippen molar-refractivity contribution in [3.8, 4) is 5.88 Å². The highest BCUT2D eigenvalue weighted by Crippen LogP contribution is 2.37. The summed E-state index contributed by atoms with van der Waals surface area (Å²) in [5.74, 6) is 0.749. The van der Waals surface area contributed by atoms with Crippen LogP contribution in [-0.4, -0.2) is 27.4 Å². The quantitative estimate of drug-likeness (QED) is 0.648. The molecule has 0 aromatic carbocycles. The lowest BCUT2D eigenvalue weighted by Gasteiger charge is -2.34. The summed E-state index contributed by atoms with van der Waals surface area (Å²) in [6.45, 7) is 6.12. The maximum atomic E-state index is 11.1. The predicted molar refractivity (Wildman–Crippen MR) is 70.2 cm³/mol. The van der Waals surface area contributed by atoms with E-state index < -0.39 is 4.92 Å². The van der Waals surface area contributed by atoms with Crippen LogP contribution in [0.25, 0.3) is 0 Å². The van der Waals surface area contributed by atoms with Gasteiger partial charge in [-0.05, 0) is 46.1 Å². The van der Waals surface area contributed by atoms with Crippen molar-refractivity contribution in [1.82, 2.24) is 9.78 Å². The Kier molecular flexibility index (Phi) is 3.75. The fourth-order valence-electron chi connectivity index (χ4n) is 2.31. The van der Waals surface area contributed by atoms with Gasteiger partial charge < -0.3 is 10.5 Å². The van der Waals surface area contributed by atoms with Gasteiger partial charge in [-0.25, -0.2) is 4.68 Å². The van der Waals surface area contributed by atoms with E-state index in [-0.39, 0.29) is 23.7 Å². The summed E-state index contributed by atoms with van der Waals surface area (Å²) in [6, 6.07) is 0.0211. The lowest BCUT2D eigenvalue weighted by Crippen LogP contribution is -2.38. The molecule has 0 saturated heterocycles. The molecule has 0 aliphatic heterocycles. The van der Waals surface area contributed by atoms with E-state index in [4.69, 9.17) is 10.5 Å². The second-order valence-electron chi connectivity index (χ2n) is 5.35. The summed E-state index contributed by atoms with van der Waals surface area (Å²) in [5.41, 5.74) is 5.94. The molecule has 0 amide bonds. The molecule has 1 fully saturated rings. The molecule has 2 N–H and O–H groups in total. The summed E-state index contributed by atoms with van der Waals surface area (Å²) in [6.07, 6.45) is 1.73. The van der Waals surface area contributed by atoms with Gasteiger partial charge in [0.15, 0.2) is 0 Å². The van der Waals surface area contributed by atoms with Crippen molar-refractivity contribution in [1.29, 1.82) is 0 Å². The van der Waals surface area contributed by atoms with Gasteiger partial charge >= 0.3 is 5.69 Å². The van der Waals surface area contributed by atoms with Crippen LogP contribution in [0.5, 0.6) is 5.88 Å². The topological polar surface area (TPSA) is 96.2 Å². The van der Waals surface area contributed by atoms with Gasteiger partial charge in [0, 0.05) is 0 Å². The Morgan fingerprint density at radius 1 is 1.58 bits per heavy atom. The minimum atomic E-state index is -0.421. The maximum Gasteiger partial charge on any atom is 0.353 e. The number of hydrogen-bond acceptors (Lipinski definition) is 5. The van der Waals surface area contributed by atoms with E-state index in [1.807, 2.05) is 13.8 Å². The lowest BCUT2D eigenvalue weighted by atomic mass is 9.82. The van der Waals surface area contributed by atoms with Crippen molar-refractivity contribution >= 4 is 5.69 Å². The number of nitrogens with zero attached hydrogens (tertiary/aromatic N) is 3. The molecule has 2 rings (SSSR count). The van der Waals surface area contributed by atoms with Gasteiger partial charge in [-0.2, -0.15) is 5.10 Å². The van der Waals surface area contributed by atoms with E-state index in [0.29, 0.717) is 18.2 Å². The molecular weight excluding hydrogens is 248 g/mol. The highest BCUT2D eigenvalue weighted by Gasteiger charge is 2.35. The molecule has 1 aliphatic rings. The van der Waals surface area contributed by atoms with E-state index in [1.165, 1.54) is 0 Å². The van der Waals surface area contributed by atoms with Crippen molar-refractivity contribution in [2.45, 2.75) is 45.8 Å². The SMILES string of the molecule is Cc1nn(C(C)C)c(OC2CC(CN)C2)c1[N+](=O)[O-]. The second-order valence-corrected chi connectivity index (χ2v) is 5.35. The van der Waals surface area contributed by atoms with Gasteiger partial charge in [0.2, 0.25) is 0 Å². The van der Waals surface area contributed by atoms with Gasteiger partial charge in [-0.15, -0.1) is 0 Å². The summed E-state index contributed by atoms with van der Waals surface area (Å²) >= 11 is 0. The molecule has 19 heavy (non-hydrogen) atoms. The number of nitro groups is 1. The Morgan fingerprint density at radius 3 is 2.68 bits per heavy atom. The summed E-state index contributed by atoms with van der Waals surface area (Å²) in [5, 5.41) is 15.3. The molecule has 0 spiro atoms. The van der Waals surface area contributed by atoms with Crippen molar-refractivity contribution < 1.29 is 9.66 Å². The normalized spacial score (nSPS) is 22.4. The first-order valence-electron chi connectivity index (χ1n) is 6.54. The zero-order valence-electron chi connectivity index (χ0n) is 11.5. The Hall–Kier alpha value is -1.63. The number of hydrogen-bond donors (Lipinski definition) is 1. The fourth-order valence-corrected chi connectivity index (χ4v) is 2.31. The van der Waals surface area contributed by atoms with Crippen LogP contribution in [-0.2, 0) is 0 Å². The largest absolute Gasteiger partial charge is 0.470 e. The zero-order chi connectivity index (χ0) is 14.2. The molecule has 0 bridgehead atoms. The first kappa shape index (κ1) is 13.8. The zero-order valence-corrected chi connectivity index (χ0v) is 11.5. The number of aryl methyl sites for hydroxylation is 1. The van der Waals surface area contributed by atoms with Crippen molar-refractivity contribution in [2.24, 2.45) is 11.7 Å². The van der Waals surface area contributed by atoms with E-state index in [9.17, 15) is 10.1 Å². The number of rotatable bonds is 5. The molecular formula is C12H20N4O3. The summed E-state index contributed by atoms with van der Waals surface area (Å²) in [4.78, 5) is 10.7. The molecule has 7 nitrogen and oxygen atoms in total. The third kappa shape index (κ3) is 2.56. The Labute approximate surface area is 111 Å². The van der Waals surface area contributed by atoms with Gasteiger partial charge in [-0.3, -0.25) is 10.1 Å². The molecule has 106 valence electrons. The monoisotopic (exact) mass is 268 g/mol.